The molecule has 0 aliphatic rings. The maximum absolute atomic E-state index is 8.43. The van der Waals surface area contributed by atoms with Crippen LogP contribution in [0.5, 0.6) is 0 Å². The molecule has 0 rings (SSSR count). The van der Waals surface area contributed by atoms with Crippen molar-refractivity contribution in [3.8, 4) is 12.1 Å². The van der Waals surface area contributed by atoms with Gasteiger partial charge in [-0.05, 0) is 20.8 Å². The molecule has 0 saturated carbocycles. The summed E-state index contributed by atoms with van der Waals surface area (Å²) in [6, 6.07) is 3.51. The average molecular weight is 150 g/mol. The van der Waals surface area contributed by atoms with Crippen LogP contribution < -0.4 is 0 Å². The van der Waals surface area contributed by atoms with Gasteiger partial charge in [0.1, 0.15) is 11.7 Å². The lowest BCUT2D eigenvalue weighted by Crippen LogP contribution is -2.18. The van der Waals surface area contributed by atoms with Gasteiger partial charge in [-0.25, -0.2) is 0 Å². The topological polar surface area (TPSA) is 56.8 Å². The normalized spacial score (nSPS) is 11.5. The number of hydrogen-bond acceptors (Lipinski definition) is 3. The van der Waals surface area contributed by atoms with Gasteiger partial charge in [-0.1, -0.05) is 0 Å². The molecule has 0 amide bonds. The number of ether oxygens (including phenoxy) is 1. The van der Waals surface area contributed by atoms with Crippen molar-refractivity contribution in [3.63, 3.8) is 0 Å². The van der Waals surface area contributed by atoms with Gasteiger partial charge >= 0.3 is 0 Å². The third-order valence-corrected chi connectivity index (χ3v) is 0.722. The summed E-state index contributed by atoms with van der Waals surface area (Å²) in [5, 5.41) is 16.6. The van der Waals surface area contributed by atoms with E-state index in [0.717, 1.165) is 6.08 Å². The van der Waals surface area contributed by atoms with Crippen LogP contribution in [-0.4, -0.2) is 5.60 Å². The first-order valence-corrected chi connectivity index (χ1v) is 3.18. The summed E-state index contributed by atoms with van der Waals surface area (Å²) in [6.45, 7) is 5.45. The lowest BCUT2D eigenvalue weighted by atomic mass is 10.2. The minimum Gasteiger partial charge on any atom is -0.477 e. The Morgan fingerprint density at radius 1 is 1.36 bits per heavy atom. The van der Waals surface area contributed by atoms with Gasteiger partial charge < -0.3 is 4.74 Å². The fourth-order valence-electron chi connectivity index (χ4n) is 0.473. The summed E-state index contributed by atoms with van der Waals surface area (Å²) in [6.07, 6.45) is 1.09. The van der Waals surface area contributed by atoms with E-state index in [2.05, 4.69) is 0 Å². The Morgan fingerprint density at radius 3 is 2.18 bits per heavy atom. The van der Waals surface area contributed by atoms with Gasteiger partial charge in [-0.15, -0.1) is 0 Å². The fourth-order valence-corrected chi connectivity index (χ4v) is 0.473. The van der Waals surface area contributed by atoms with Crippen molar-refractivity contribution >= 4 is 0 Å². The van der Waals surface area contributed by atoms with Crippen LogP contribution in [-0.2, 0) is 4.74 Å². The molecule has 0 unspecified atom stereocenters. The maximum atomic E-state index is 8.43. The number of hydrogen-bond donors (Lipinski definition) is 0. The highest BCUT2D eigenvalue weighted by Crippen LogP contribution is 2.12. The Labute approximate surface area is 66.5 Å². The smallest absolute Gasteiger partial charge is 0.208 e. The van der Waals surface area contributed by atoms with Gasteiger partial charge in [-0.3, -0.25) is 0 Å². The Balaban J connectivity index is 4.28. The zero-order chi connectivity index (χ0) is 8.91. The summed E-state index contributed by atoms with van der Waals surface area (Å²) in [4.78, 5) is 0. The van der Waals surface area contributed by atoms with Gasteiger partial charge in [0.15, 0.2) is 0 Å². The van der Waals surface area contributed by atoms with Gasteiger partial charge in [-0.2, -0.15) is 10.5 Å². The molecule has 0 saturated heterocycles. The van der Waals surface area contributed by atoms with Crippen molar-refractivity contribution < 1.29 is 4.74 Å². The van der Waals surface area contributed by atoms with Crippen LogP contribution >= 0.6 is 0 Å². The third kappa shape index (κ3) is 4.99. The van der Waals surface area contributed by atoms with E-state index in [1.54, 1.807) is 12.1 Å². The highest BCUT2D eigenvalue weighted by Gasteiger charge is 2.12. The quantitative estimate of drug-likeness (QED) is 0.422. The first-order chi connectivity index (χ1) is 4.99. The van der Waals surface area contributed by atoms with Gasteiger partial charge in [0, 0.05) is 0 Å². The van der Waals surface area contributed by atoms with Crippen molar-refractivity contribution in [2.24, 2.45) is 0 Å². The van der Waals surface area contributed by atoms with Gasteiger partial charge in [0.25, 0.3) is 0 Å². The molecule has 0 N–H and O–H groups in total. The summed E-state index contributed by atoms with van der Waals surface area (Å²) < 4.78 is 5.10. The van der Waals surface area contributed by atoms with Crippen molar-refractivity contribution in [2.45, 2.75) is 26.4 Å². The van der Waals surface area contributed by atoms with Crippen LogP contribution in [0.4, 0.5) is 0 Å². The fraction of sp³-hybridized carbons (Fsp3) is 0.500. The number of nitriles is 2. The lowest BCUT2D eigenvalue weighted by molar-refractivity contribution is 0.0618. The second kappa shape index (κ2) is 3.63. The number of rotatable bonds is 1. The van der Waals surface area contributed by atoms with Crippen molar-refractivity contribution in [1.82, 2.24) is 0 Å². The average Bonchev–Trinajstić information content (AvgIpc) is 1.84. The predicted octanol–water partition coefficient (Wildman–Crippen LogP) is 1.73. The van der Waals surface area contributed by atoms with E-state index in [-0.39, 0.29) is 5.76 Å². The Hall–Kier alpha value is -1.48. The molecule has 0 spiro atoms. The van der Waals surface area contributed by atoms with E-state index in [0.29, 0.717) is 0 Å². The second-order valence-corrected chi connectivity index (χ2v) is 2.96. The highest BCUT2D eigenvalue weighted by molar-refractivity contribution is 5.21. The third-order valence-electron chi connectivity index (χ3n) is 0.722. The van der Waals surface area contributed by atoms with Crippen LogP contribution in [0.15, 0.2) is 11.8 Å². The van der Waals surface area contributed by atoms with E-state index in [4.69, 9.17) is 15.3 Å². The van der Waals surface area contributed by atoms with E-state index in [9.17, 15) is 0 Å². The van der Waals surface area contributed by atoms with Crippen molar-refractivity contribution in [3.05, 3.63) is 11.8 Å². The van der Waals surface area contributed by atoms with Crippen molar-refractivity contribution in [1.29, 1.82) is 10.5 Å². The number of nitrogens with zero attached hydrogens (tertiary/aromatic N) is 2. The Bertz CT molecular complexity index is 234. The first kappa shape index (κ1) is 9.52. The van der Waals surface area contributed by atoms with Crippen LogP contribution in [0.2, 0.25) is 0 Å². The predicted molar refractivity (Wildman–Crippen MR) is 40.1 cm³/mol. The van der Waals surface area contributed by atoms with Gasteiger partial charge in [0.2, 0.25) is 5.76 Å². The number of allylic oxidation sites excluding steroid dienone is 2. The zero-order valence-corrected chi connectivity index (χ0v) is 6.88. The molecule has 0 aromatic carbocycles. The zero-order valence-electron chi connectivity index (χ0n) is 6.88. The standard InChI is InChI=1S/C8H10N2O/c1-8(2,3)11-7(6-10)4-5-9/h4H,1-3H3. The summed E-state index contributed by atoms with van der Waals surface area (Å²) >= 11 is 0. The molecule has 0 bridgehead atoms. The second-order valence-electron chi connectivity index (χ2n) is 2.96. The molecule has 11 heavy (non-hydrogen) atoms. The molecule has 58 valence electrons. The van der Waals surface area contributed by atoms with E-state index in [1.165, 1.54) is 0 Å². The summed E-state index contributed by atoms with van der Waals surface area (Å²) in [5.74, 6) is 0.0556. The molecular weight excluding hydrogens is 140 g/mol. The highest BCUT2D eigenvalue weighted by atomic mass is 16.5. The molecule has 0 aromatic rings. The lowest BCUT2D eigenvalue weighted by Gasteiger charge is -2.19. The van der Waals surface area contributed by atoms with E-state index >= 15 is 0 Å². The Kier molecular flexibility index (Phi) is 3.14. The summed E-state index contributed by atoms with van der Waals surface area (Å²) in [7, 11) is 0. The van der Waals surface area contributed by atoms with Crippen LogP contribution in [0.3, 0.4) is 0 Å². The molecule has 0 radical (unpaired) electrons. The molecule has 0 fully saturated rings. The summed E-state index contributed by atoms with van der Waals surface area (Å²) in [5.41, 5.74) is -0.418. The van der Waals surface area contributed by atoms with Gasteiger partial charge in [0.05, 0.1) is 12.1 Å². The molecule has 0 heterocycles. The van der Waals surface area contributed by atoms with Crippen molar-refractivity contribution in [2.75, 3.05) is 0 Å². The SMILES string of the molecule is CC(C)(C)OC(C#N)=CC#N. The molecule has 0 aromatic heterocycles. The Morgan fingerprint density at radius 2 is 1.91 bits per heavy atom. The molecule has 0 aliphatic heterocycles. The van der Waals surface area contributed by atoms with Crippen LogP contribution in [0.25, 0.3) is 0 Å². The molecule has 3 heteroatoms. The van der Waals surface area contributed by atoms with Crippen LogP contribution in [0, 0.1) is 22.7 Å². The maximum Gasteiger partial charge on any atom is 0.208 e. The molecule has 0 atom stereocenters. The monoisotopic (exact) mass is 150 g/mol. The minimum absolute atomic E-state index is 0.0556. The van der Waals surface area contributed by atoms with E-state index < -0.39 is 5.60 Å². The molecule has 0 aliphatic carbocycles. The van der Waals surface area contributed by atoms with E-state index in [1.807, 2.05) is 20.8 Å². The largest absolute Gasteiger partial charge is 0.477 e. The molecule has 3 nitrogen and oxygen atoms in total. The molecular formula is C8H10N2O. The first-order valence-electron chi connectivity index (χ1n) is 3.18. The minimum atomic E-state index is -0.418. The van der Waals surface area contributed by atoms with Crippen LogP contribution in [0.1, 0.15) is 20.8 Å².